The predicted molar refractivity (Wildman–Crippen MR) is 117 cm³/mol. The van der Waals surface area contributed by atoms with Gasteiger partial charge in [0.1, 0.15) is 5.69 Å². The lowest BCUT2D eigenvalue weighted by atomic mass is 10.2. The van der Waals surface area contributed by atoms with Gasteiger partial charge in [-0.25, -0.2) is 4.68 Å². The van der Waals surface area contributed by atoms with E-state index in [-0.39, 0.29) is 11.7 Å². The predicted octanol–water partition coefficient (Wildman–Crippen LogP) is 3.90. The van der Waals surface area contributed by atoms with Gasteiger partial charge in [-0.15, -0.1) is 0 Å². The number of aromatic nitrogens is 1. The lowest BCUT2D eigenvalue weighted by Gasteiger charge is -2.13. The SMILES string of the molecule is CC(C)NC(=O)C(=O)Nn1c(C(=O)Nc2ccc(Cl)cc2)cc2cc(Br)ccc21. The van der Waals surface area contributed by atoms with Gasteiger partial charge in [0.25, 0.3) is 5.91 Å². The van der Waals surface area contributed by atoms with Crippen LogP contribution in [0, 0.1) is 0 Å². The van der Waals surface area contributed by atoms with Gasteiger partial charge >= 0.3 is 11.8 Å². The molecule has 1 aromatic heterocycles. The van der Waals surface area contributed by atoms with Crippen LogP contribution in [0.5, 0.6) is 0 Å². The third-order valence-corrected chi connectivity index (χ3v) is 4.68. The first-order valence-corrected chi connectivity index (χ1v) is 9.91. The van der Waals surface area contributed by atoms with Gasteiger partial charge in [-0.05, 0) is 62.4 Å². The number of halogens is 2. The van der Waals surface area contributed by atoms with Crippen LogP contribution in [0.15, 0.2) is 53.0 Å². The van der Waals surface area contributed by atoms with Crippen LogP contribution >= 0.6 is 27.5 Å². The molecule has 9 heteroatoms. The van der Waals surface area contributed by atoms with Crippen molar-refractivity contribution < 1.29 is 14.4 Å². The largest absolute Gasteiger partial charge is 0.346 e. The molecular formula is C20H18BrClN4O3. The van der Waals surface area contributed by atoms with Crippen molar-refractivity contribution in [3.8, 4) is 0 Å². The highest BCUT2D eigenvalue weighted by Gasteiger charge is 2.21. The Hall–Kier alpha value is -2.84. The highest BCUT2D eigenvalue weighted by Crippen LogP contribution is 2.24. The Morgan fingerprint density at radius 1 is 1.00 bits per heavy atom. The lowest BCUT2D eigenvalue weighted by Crippen LogP contribution is -2.42. The third kappa shape index (κ3) is 4.96. The van der Waals surface area contributed by atoms with E-state index in [2.05, 4.69) is 32.0 Å². The van der Waals surface area contributed by atoms with Crippen LogP contribution in [0.3, 0.4) is 0 Å². The molecule has 0 spiro atoms. The number of benzene rings is 2. The van der Waals surface area contributed by atoms with Crippen molar-refractivity contribution in [2.45, 2.75) is 19.9 Å². The molecule has 0 atom stereocenters. The molecule has 3 amide bonds. The van der Waals surface area contributed by atoms with Crippen LogP contribution in [-0.2, 0) is 9.59 Å². The molecule has 0 fully saturated rings. The first-order valence-electron chi connectivity index (χ1n) is 8.74. The molecule has 7 nitrogen and oxygen atoms in total. The highest BCUT2D eigenvalue weighted by molar-refractivity contribution is 9.10. The normalized spacial score (nSPS) is 10.8. The van der Waals surface area contributed by atoms with E-state index in [1.807, 2.05) is 6.07 Å². The quantitative estimate of drug-likeness (QED) is 0.498. The fourth-order valence-corrected chi connectivity index (χ4v) is 3.19. The van der Waals surface area contributed by atoms with Crippen molar-refractivity contribution in [3.63, 3.8) is 0 Å². The monoisotopic (exact) mass is 476 g/mol. The summed E-state index contributed by atoms with van der Waals surface area (Å²) in [6.45, 7) is 3.50. The van der Waals surface area contributed by atoms with Crippen molar-refractivity contribution >= 4 is 61.8 Å². The Bertz CT molecular complexity index is 1090. The molecule has 1 heterocycles. The van der Waals surface area contributed by atoms with Gasteiger partial charge in [-0.1, -0.05) is 27.5 Å². The van der Waals surface area contributed by atoms with Gasteiger partial charge in [0.05, 0.1) is 5.52 Å². The number of hydrogen-bond acceptors (Lipinski definition) is 3. The van der Waals surface area contributed by atoms with E-state index in [0.29, 0.717) is 21.6 Å². The molecule has 150 valence electrons. The molecule has 0 unspecified atom stereocenters. The molecule has 0 aliphatic rings. The number of anilines is 1. The van der Waals surface area contributed by atoms with Crippen molar-refractivity contribution in [2.24, 2.45) is 0 Å². The minimum absolute atomic E-state index is 0.166. The van der Waals surface area contributed by atoms with Crippen LogP contribution in [-0.4, -0.2) is 28.4 Å². The summed E-state index contributed by atoms with van der Waals surface area (Å²) >= 11 is 9.27. The molecule has 0 saturated heterocycles. The molecule has 0 aliphatic heterocycles. The van der Waals surface area contributed by atoms with Crippen molar-refractivity contribution in [2.75, 3.05) is 10.7 Å². The minimum Gasteiger partial charge on any atom is -0.346 e. The number of nitrogens with zero attached hydrogens (tertiary/aromatic N) is 1. The Morgan fingerprint density at radius 3 is 2.34 bits per heavy atom. The Morgan fingerprint density at radius 2 is 1.69 bits per heavy atom. The molecule has 0 saturated carbocycles. The molecule has 3 N–H and O–H groups in total. The number of amides is 3. The Kier molecular flexibility index (Phi) is 6.24. The average Bonchev–Trinajstić information content (AvgIpc) is 3.00. The zero-order valence-corrected chi connectivity index (χ0v) is 18.0. The van der Waals surface area contributed by atoms with Crippen LogP contribution in [0.4, 0.5) is 5.69 Å². The summed E-state index contributed by atoms with van der Waals surface area (Å²) in [4.78, 5) is 37.2. The maximum Gasteiger partial charge on any atom is 0.328 e. The van der Waals surface area contributed by atoms with Crippen LogP contribution in [0.2, 0.25) is 5.02 Å². The van der Waals surface area contributed by atoms with Gasteiger partial charge in [0, 0.05) is 26.6 Å². The standard InChI is InChI=1S/C20H18BrClN4O3/c1-11(2)23-19(28)20(29)25-26-16-8-3-13(21)9-12(16)10-17(26)18(27)24-15-6-4-14(22)5-7-15/h3-11H,1-2H3,(H,23,28)(H,24,27)(H,25,29). The van der Waals surface area contributed by atoms with E-state index in [1.54, 1.807) is 56.3 Å². The maximum atomic E-state index is 12.9. The molecular weight excluding hydrogens is 460 g/mol. The summed E-state index contributed by atoms with van der Waals surface area (Å²) in [7, 11) is 0. The summed E-state index contributed by atoms with van der Waals surface area (Å²) < 4.78 is 2.12. The van der Waals surface area contributed by atoms with Crippen molar-refractivity contribution in [1.82, 2.24) is 9.99 Å². The second-order valence-electron chi connectivity index (χ2n) is 6.60. The average molecular weight is 478 g/mol. The second kappa shape index (κ2) is 8.67. The summed E-state index contributed by atoms with van der Waals surface area (Å²) in [6.07, 6.45) is 0. The smallest absolute Gasteiger partial charge is 0.328 e. The fourth-order valence-electron chi connectivity index (χ4n) is 2.68. The van der Waals surface area contributed by atoms with E-state index >= 15 is 0 Å². The molecule has 3 rings (SSSR count). The highest BCUT2D eigenvalue weighted by atomic mass is 79.9. The molecule has 0 bridgehead atoms. The van der Waals surface area contributed by atoms with E-state index in [4.69, 9.17) is 11.6 Å². The van der Waals surface area contributed by atoms with Crippen molar-refractivity contribution in [3.05, 3.63) is 63.7 Å². The van der Waals surface area contributed by atoms with Gasteiger partial charge < -0.3 is 10.6 Å². The van der Waals surface area contributed by atoms with Crippen LogP contribution < -0.4 is 16.1 Å². The topological polar surface area (TPSA) is 92.2 Å². The maximum absolute atomic E-state index is 12.9. The number of fused-ring (bicyclic) bond motifs is 1. The summed E-state index contributed by atoms with van der Waals surface area (Å²) in [5, 5.41) is 6.53. The number of nitrogens with one attached hydrogen (secondary N) is 3. The number of carbonyl (C=O) groups excluding carboxylic acids is 3. The number of carbonyl (C=O) groups is 3. The van der Waals surface area contributed by atoms with E-state index in [9.17, 15) is 14.4 Å². The van der Waals surface area contributed by atoms with E-state index in [0.717, 1.165) is 4.47 Å². The van der Waals surface area contributed by atoms with Crippen molar-refractivity contribution in [1.29, 1.82) is 0 Å². The minimum atomic E-state index is -0.875. The van der Waals surface area contributed by atoms with Gasteiger partial charge in [0.15, 0.2) is 0 Å². The molecule has 29 heavy (non-hydrogen) atoms. The number of rotatable bonds is 4. The molecule has 2 aromatic carbocycles. The van der Waals surface area contributed by atoms with Gasteiger partial charge in [-0.3, -0.25) is 19.8 Å². The first kappa shape index (κ1) is 20.9. The van der Waals surface area contributed by atoms with Crippen LogP contribution in [0.1, 0.15) is 24.3 Å². The second-order valence-corrected chi connectivity index (χ2v) is 7.95. The Labute approximate surface area is 180 Å². The fraction of sp³-hybridized carbons (Fsp3) is 0.150. The first-order chi connectivity index (χ1) is 13.7. The molecule has 0 aliphatic carbocycles. The third-order valence-electron chi connectivity index (χ3n) is 3.94. The van der Waals surface area contributed by atoms with Crippen LogP contribution in [0.25, 0.3) is 10.9 Å². The molecule has 3 aromatic rings. The summed E-state index contributed by atoms with van der Waals surface area (Å²) in [5.74, 6) is -2.12. The Balaban J connectivity index is 1.96. The summed E-state index contributed by atoms with van der Waals surface area (Å²) in [5.41, 5.74) is 3.78. The van der Waals surface area contributed by atoms with E-state index in [1.165, 1.54) is 4.68 Å². The number of hydrogen-bond donors (Lipinski definition) is 3. The van der Waals surface area contributed by atoms with E-state index < -0.39 is 17.7 Å². The summed E-state index contributed by atoms with van der Waals surface area (Å²) in [6, 6.07) is 13.4. The zero-order chi connectivity index (χ0) is 21.1. The zero-order valence-electron chi connectivity index (χ0n) is 15.6. The molecule has 0 radical (unpaired) electrons. The lowest BCUT2D eigenvalue weighted by molar-refractivity contribution is -0.137. The van der Waals surface area contributed by atoms with Gasteiger partial charge in [0.2, 0.25) is 0 Å². The van der Waals surface area contributed by atoms with Gasteiger partial charge in [-0.2, -0.15) is 0 Å².